The van der Waals surface area contributed by atoms with Crippen LogP contribution in [0.3, 0.4) is 0 Å². The minimum absolute atomic E-state index is 0.247. The highest BCUT2D eigenvalue weighted by molar-refractivity contribution is 7.98. The first-order chi connectivity index (χ1) is 10.3. The van der Waals surface area contributed by atoms with Crippen molar-refractivity contribution in [1.29, 1.82) is 0 Å². The van der Waals surface area contributed by atoms with E-state index in [1.165, 1.54) is 10.6 Å². The fourth-order valence-corrected chi connectivity index (χ4v) is 3.16. The maximum atomic E-state index is 5.75. The number of fused-ring (bicyclic) bond motifs is 1. The Balaban J connectivity index is 1.91. The van der Waals surface area contributed by atoms with Crippen LogP contribution in [0, 0.1) is 0 Å². The maximum absolute atomic E-state index is 5.75. The van der Waals surface area contributed by atoms with E-state index < -0.39 is 0 Å². The second-order valence-electron chi connectivity index (χ2n) is 4.94. The second kappa shape index (κ2) is 6.31. The number of rotatable bonds is 4. The van der Waals surface area contributed by atoms with Crippen molar-refractivity contribution in [3.63, 3.8) is 0 Å². The third-order valence-electron chi connectivity index (χ3n) is 3.69. The molecular weight excluding hydrogens is 282 g/mol. The zero-order valence-electron chi connectivity index (χ0n) is 12.3. The van der Waals surface area contributed by atoms with Gasteiger partial charge in [-0.15, -0.1) is 11.8 Å². The van der Waals surface area contributed by atoms with Crippen LogP contribution in [0.5, 0.6) is 11.5 Å². The summed E-state index contributed by atoms with van der Waals surface area (Å²) < 4.78 is 11.1. The minimum atomic E-state index is 0.247. The molecule has 2 aromatic carbocycles. The molecule has 1 heterocycles. The van der Waals surface area contributed by atoms with Gasteiger partial charge in [0, 0.05) is 22.6 Å². The molecule has 0 radical (unpaired) electrons. The van der Waals surface area contributed by atoms with Gasteiger partial charge < -0.3 is 14.8 Å². The Morgan fingerprint density at radius 1 is 1.24 bits per heavy atom. The fourth-order valence-electron chi connectivity index (χ4n) is 2.60. The number of anilines is 1. The summed E-state index contributed by atoms with van der Waals surface area (Å²) >= 11 is 1.75. The summed E-state index contributed by atoms with van der Waals surface area (Å²) in [5.74, 6) is 1.81. The van der Waals surface area contributed by atoms with Crippen molar-refractivity contribution in [1.82, 2.24) is 0 Å². The highest BCUT2D eigenvalue weighted by Crippen LogP contribution is 2.38. The molecule has 1 unspecified atom stereocenters. The van der Waals surface area contributed by atoms with Crippen molar-refractivity contribution < 1.29 is 9.47 Å². The summed E-state index contributed by atoms with van der Waals surface area (Å²) in [7, 11) is 1.69. The van der Waals surface area contributed by atoms with Crippen LogP contribution in [-0.2, 0) is 0 Å². The van der Waals surface area contributed by atoms with Gasteiger partial charge in [0.15, 0.2) is 0 Å². The second-order valence-corrected chi connectivity index (χ2v) is 5.79. The molecule has 0 amide bonds. The summed E-state index contributed by atoms with van der Waals surface area (Å²) in [6.45, 7) is 0.735. The lowest BCUT2D eigenvalue weighted by molar-refractivity contribution is 0.273. The Hall–Kier alpha value is -1.81. The van der Waals surface area contributed by atoms with Crippen molar-refractivity contribution in [2.75, 3.05) is 25.3 Å². The molecule has 2 aromatic rings. The number of ether oxygens (including phenoxy) is 2. The molecule has 1 aliphatic rings. The number of thioether (sulfide) groups is 1. The van der Waals surface area contributed by atoms with Crippen LogP contribution in [0.2, 0.25) is 0 Å². The highest BCUT2D eigenvalue weighted by Gasteiger charge is 2.22. The van der Waals surface area contributed by atoms with E-state index >= 15 is 0 Å². The number of benzene rings is 2. The predicted octanol–water partition coefficient (Wildman–Crippen LogP) is 4.35. The smallest absolute Gasteiger partial charge is 0.124 e. The van der Waals surface area contributed by atoms with E-state index in [0.29, 0.717) is 0 Å². The average molecular weight is 301 g/mol. The predicted molar refractivity (Wildman–Crippen MR) is 87.7 cm³/mol. The quantitative estimate of drug-likeness (QED) is 0.850. The largest absolute Gasteiger partial charge is 0.497 e. The molecule has 0 bridgehead atoms. The summed E-state index contributed by atoms with van der Waals surface area (Å²) in [6.07, 6.45) is 3.05. The van der Waals surface area contributed by atoms with Gasteiger partial charge in [-0.25, -0.2) is 0 Å². The van der Waals surface area contributed by atoms with Gasteiger partial charge in [0.25, 0.3) is 0 Å². The zero-order valence-corrected chi connectivity index (χ0v) is 13.1. The molecule has 0 spiro atoms. The SMILES string of the molecule is COc1ccc2c(c1)C(Nc1ccccc1SC)CCO2. The summed E-state index contributed by atoms with van der Waals surface area (Å²) in [4.78, 5) is 1.26. The van der Waals surface area contributed by atoms with Crippen LogP contribution in [-0.4, -0.2) is 20.0 Å². The minimum Gasteiger partial charge on any atom is -0.497 e. The van der Waals surface area contributed by atoms with E-state index in [2.05, 4.69) is 41.9 Å². The molecule has 0 aromatic heterocycles. The van der Waals surface area contributed by atoms with E-state index in [0.717, 1.165) is 30.1 Å². The number of hydrogen-bond acceptors (Lipinski definition) is 4. The molecule has 110 valence electrons. The molecule has 4 heteroatoms. The fraction of sp³-hybridized carbons (Fsp3) is 0.294. The molecule has 0 aliphatic carbocycles. The molecule has 3 nitrogen and oxygen atoms in total. The van der Waals surface area contributed by atoms with Crippen LogP contribution < -0.4 is 14.8 Å². The van der Waals surface area contributed by atoms with E-state index in [4.69, 9.17) is 9.47 Å². The Kier molecular flexibility index (Phi) is 4.25. The van der Waals surface area contributed by atoms with Gasteiger partial charge in [0.2, 0.25) is 0 Å². The van der Waals surface area contributed by atoms with Crippen LogP contribution >= 0.6 is 11.8 Å². The first-order valence-electron chi connectivity index (χ1n) is 7.02. The van der Waals surface area contributed by atoms with Gasteiger partial charge in [-0.2, -0.15) is 0 Å². The van der Waals surface area contributed by atoms with E-state index in [-0.39, 0.29) is 6.04 Å². The van der Waals surface area contributed by atoms with Crippen molar-refractivity contribution in [2.24, 2.45) is 0 Å². The normalized spacial score (nSPS) is 16.8. The third kappa shape index (κ3) is 2.95. The van der Waals surface area contributed by atoms with E-state index in [1.807, 2.05) is 12.1 Å². The summed E-state index contributed by atoms with van der Waals surface area (Å²) in [5, 5.41) is 3.65. The number of hydrogen-bond donors (Lipinski definition) is 1. The molecule has 3 rings (SSSR count). The Labute approximate surface area is 129 Å². The van der Waals surface area contributed by atoms with Gasteiger partial charge in [0.05, 0.1) is 19.8 Å². The number of methoxy groups -OCH3 is 1. The zero-order chi connectivity index (χ0) is 14.7. The van der Waals surface area contributed by atoms with Crippen molar-refractivity contribution in [3.05, 3.63) is 48.0 Å². The van der Waals surface area contributed by atoms with Crippen LogP contribution in [0.25, 0.3) is 0 Å². The summed E-state index contributed by atoms with van der Waals surface area (Å²) in [5.41, 5.74) is 2.34. The monoisotopic (exact) mass is 301 g/mol. The van der Waals surface area contributed by atoms with Gasteiger partial charge in [-0.3, -0.25) is 0 Å². The molecule has 1 atom stereocenters. The average Bonchev–Trinajstić information content (AvgIpc) is 2.55. The van der Waals surface area contributed by atoms with Gasteiger partial charge in [-0.1, -0.05) is 12.1 Å². The number of nitrogens with one attached hydrogen (secondary N) is 1. The Bertz CT molecular complexity index is 630. The van der Waals surface area contributed by atoms with Crippen LogP contribution in [0.15, 0.2) is 47.4 Å². The third-order valence-corrected chi connectivity index (χ3v) is 4.49. The van der Waals surface area contributed by atoms with Gasteiger partial charge in [-0.05, 0) is 36.6 Å². The van der Waals surface area contributed by atoms with Crippen LogP contribution in [0.4, 0.5) is 5.69 Å². The summed E-state index contributed by atoms with van der Waals surface area (Å²) in [6, 6.07) is 14.6. The van der Waals surface area contributed by atoms with Gasteiger partial charge in [0.1, 0.15) is 11.5 Å². The van der Waals surface area contributed by atoms with Crippen LogP contribution in [0.1, 0.15) is 18.0 Å². The molecule has 1 N–H and O–H groups in total. The first-order valence-corrected chi connectivity index (χ1v) is 8.24. The van der Waals surface area contributed by atoms with E-state index in [1.54, 1.807) is 18.9 Å². The maximum Gasteiger partial charge on any atom is 0.124 e. The highest BCUT2D eigenvalue weighted by atomic mass is 32.2. The van der Waals surface area contributed by atoms with E-state index in [9.17, 15) is 0 Å². The standard InChI is InChI=1S/C17H19NO2S/c1-19-12-7-8-16-13(11-12)14(9-10-20-16)18-15-5-3-4-6-17(15)21-2/h3-8,11,14,18H,9-10H2,1-2H3. The first kappa shape index (κ1) is 14.1. The topological polar surface area (TPSA) is 30.5 Å². The lowest BCUT2D eigenvalue weighted by Gasteiger charge is -2.28. The van der Waals surface area contributed by atoms with Crippen molar-refractivity contribution >= 4 is 17.4 Å². The van der Waals surface area contributed by atoms with Gasteiger partial charge >= 0.3 is 0 Å². The molecule has 0 saturated heterocycles. The Morgan fingerprint density at radius 3 is 2.90 bits per heavy atom. The van der Waals surface area contributed by atoms with Crippen molar-refractivity contribution in [2.45, 2.75) is 17.4 Å². The lowest BCUT2D eigenvalue weighted by atomic mass is 10.00. The molecule has 1 aliphatic heterocycles. The molecule has 21 heavy (non-hydrogen) atoms. The number of para-hydroxylation sites is 1. The molecule has 0 fully saturated rings. The lowest BCUT2D eigenvalue weighted by Crippen LogP contribution is -2.20. The molecular formula is C17H19NO2S. The Morgan fingerprint density at radius 2 is 2.10 bits per heavy atom. The molecule has 0 saturated carbocycles. The van der Waals surface area contributed by atoms with Crippen molar-refractivity contribution in [3.8, 4) is 11.5 Å².